The minimum absolute atomic E-state index is 0.185. The third kappa shape index (κ3) is 4.69. The summed E-state index contributed by atoms with van der Waals surface area (Å²) >= 11 is 0. The number of ether oxygens (including phenoxy) is 1. The number of hydrogen-bond donors (Lipinski definition) is 1. The van der Waals surface area contributed by atoms with E-state index in [1.807, 2.05) is 42.5 Å². The van der Waals surface area contributed by atoms with Crippen LogP contribution in [0.3, 0.4) is 0 Å². The number of para-hydroxylation sites is 2. The van der Waals surface area contributed by atoms with Crippen LogP contribution in [0.1, 0.15) is 33.4 Å². The van der Waals surface area contributed by atoms with Crippen molar-refractivity contribution < 1.29 is 9.84 Å². The average molecular weight is 626 g/mol. The van der Waals surface area contributed by atoms with E-state index in [9.17, 15) is 5.11 Å². The molecule has 5 nitrogen and oxygen atoms in total. The summed E-state index contributed by atoms with van der Waals surface area (Å²) < 4.78 is 8.76. The van der Waals surface area contributed by atoms with Crippen molar-refractivity contribution in [1.82, 2.24) is 14.5 Å². The topological polar surface area (TPSA) is 60.2 Å². The van der Waals surface area contributed by atoms with E-state index in [-0.39, 0.29) is 11.2 Å². The minimum Gasteiger partial charge on any atom is -0.507 e. The third-order valence-electron chi connectivity index (χ3n) is 10.3. The molecule has 0 aliphatic heterocycles. The second-order valence-corrected chi connectivity index (χ2v) is 13.6. The van der Waals surface area contributed by atoms with Crippen LogP contribution < -0.4 is 4.74 Å². The van der Waals surface area contributed by atoms with Gasteiger partial charge in [0.15, 0.2) is 0 Å². The molecule has 1 spiro atoms. The fraction of sp³-hybridized carbons (Fsp3) is 0.163. The van der Waals surface area contributed by atoms with E-state index in [1.54, 1.807) is 12.1 Å². The summed E-state index contributed by atoms with van der Waals surface area (Å²) in [6.45, 7) is 4.39. The normalized spacial score (nSPS) is 14.4. The number of pyridine rings is 1. The van der Waals surface area contributed by atoms with Gasteiger partial charge in [-0.05, 0) is 115 Å². The maximum absolute atomic E-state index is 10.4. The van der Waals surface area contributed by atoms with Crippen LogP contribution >= 0.6 is 0 Å². The fourth-order valence-electron chi connectivity index (χ4n) is 8.20. The molecular formula is C43H35N3O2. The van der Waals surface area contributed by atoms with Gasteiger partial charge in [0, 0.05) is 17.2 Å². The Kier molecular flexibility index (Phi) is 6.51. The number of aromatic hydroxyl groups is 1. The zero-order valence-electron chi connectivity index (χ0n) is 27.1. The van der Waals surface area contributed by atoms with Crippen LogP contribution in [0.5, 0.6) is 17.4 Å². The van der Waals surface area contributed by atoms with Gasteiger partial charge in [-0.15, -0.1) is 0 Å². The monoisotopic (exact) mass is 625 g/mol. The van der Waals surface area contributed by atoms with Gasteiger partial charge in [-0.3, -0.25) is 4.57 Å². The summed E-state index contributed by atoms with van der Waals surface area (Å²) in [4.78, 5) is 10.1. The molecule has 2 heterocycles. The number of rotatable bonds is 5. The molecule has 0 amide bonds. The largest absolute Gasteiger partial charge is 0.507 e. The van der Waals surface area contributed by atoms with Crippen LogP contribution in [-0.2, 0) is 25.7 Å². The van der Waals surface area contributed by atoms with E-state index < -0.39 is 0 Å². The Bertz CT molecular complexity index is 2340. The van der Waals surface area contributed by atoms with E-state index in [0.29, 0.717) is 22.9 Å². The number of aryl methyl sites for hydroxylation is 2. The molecule has 234 valence electrons. The maximum Gasteiger partial charge on any atom is 0.219 e. The van der Waals surface area contributed by atoms with Crippen LogP contribution in [0.25, 0.3) is 39.4 Å². The summed E-state index contributed by atoms with van der Waals surface area (Å²) in [5.41, 5.74) is 14.2. The van der Waals surface area contributed by atoms with E-state index in [4.69, 9.17) is 14.7 Å². The van der Waals surface area contributed by atoms with Gasteiger partial charge in [-0.1, -0.05) is 78.9 Å². The Morgan fingerprint density at radius 3 is 2.17 bits per heavy atom. The highest BCUT2D eigenvalue weighted by molar-refractivity contribution is 5.88. The van der Waals surface area contributed by atoms with Crippen molar-refractivity contribution in [2.75, 3.05) is 0 Å². The highest BCUT2D eigenvalue weighted by Crippen LogP contribution is 2.50. The van der Waals surface area contributed by atoms with Crippen molar-refractivity contribution in [3.8, 4) is 45.7 Å². The van der Waals surface area contributed by atoms with E-state index >= 15 is 0 Å². The van der Waals surface area contributed by atoms with Gasteiger partial charge in [0.2, 0.25) is 5.88 Å². The summed E-state index contributed by atoms with van der Waals surface area (Å²) in [6.07, 6.45) is 4.40. The van der Waals surface area contributed by atoms with Gasteiger partial charge in [-0.2, -0.15) is 0 Å². The number of imidazole rings is 1. The molecule has 5 heteroatoms. The highest BCUT2D eigenvalue weighted by Gasteiger charge is 2.43. The predicted octanol–water partition coefficient (Wildman–Crippen LogP) is 9.75. The van der Waals surface area contributed by atoms with Gasteiger partial charge < -0.3 is 9.84 Å². The zero-order chi connectivity index (χ0) is 32.4. The lowest BCUT2D eigenvalue weighted by Crippen LogP contribution is -2.21. The van der Waals surface area contributed by atoms with Crippen molar-refractivity contribution in [2.45, 2.75) is 39.5 Å². The number of hydrogen-bond acceptors (Lipinski definition) is 4. The lowest BCUT2D eigenvalue weighted by Gasteiger charge is -2.22. The molecule has 1 N–H and O–H groups in total. The molecule has 7 aromatic rings. The first-order valence-corrected chi connectivity index (χ1v) is 16.7. The molecule has 0 fully saturated rings. The van der Waals surface area contributed by atoms with Crippen molar-refractivity contribution in [3.63, 3.8) is 0 Å². The molecule has 9 rings (SSSR count). The van der Waals surface area contributed by atoms with Crippen LogP contribution in [0, 0.1) is 19.3 Å². The Morgan fingerprint density at radius 1 is 0.667 bits per heavy atom. The van der Waals surface area contributed by atoms with Crippen molar-refractivity contribution in [2.24, 2.45) is 5.41 Å². The van der Waals surface area contributed by atoms with Crippen LogP contribution in [0.15, 0.2) is 121 Å². The summed E-state index contributed by atoms with van der Waals surface area (Å²) in [7, 11) is 0. The molecule has 0 atom stereocenters. The molecule has 0 unspecified atom stereocenters. The second kappa shape index (κ2) is 11.0. The molecule has 2 aliphatic rings. The van der Waals surface area contributed by atoms with Crippen molar-refractivity contribution >= 4 is 11.0 Å². The number of nitrogens with zero attached hydrogens (tertiary/aromatic N) is 3. The molecule has 0 bridgehead atoms. The molecule has 5 aromatic carbocycles. The van der Waals surface area contributed by atoms with Gasteiger partial charge in [0.1, 0.15) is 17.3 Å². The van der Waals surface area contributed by atoms with Crippen LogP contribution in [-0.4, -0.2) is 19.6 Å². The minimum atomic E-state index is 0.185. The Morgan fingerprint density at radius 2 is 1.38 bits per heavy atom. The summed E-state index contributed by atoms with van der Waals surface area (Å²) in [6, 6.07) is 41.0. The van der Waals surface area contributed by atoms with Gasteiger partial charge in [0.05, 0.1) is 22.4 Å². The SMILES string of the molecule is Cc1cccc(C)c1-n1c(-c2cccc(Oc3cccc(-c4ccccc4O)n3)c2)nc2ccc3c(c21)CC1(Cc2ccccc2C1)C3. The third-order valence-corrected chi connectivity index (χ3v) is 10.3. The van der Waals surface area contributed by atoms with Gasteiger partial charge in [0.25, 0.3) is 0 Å². The quantitative estimate of drug-likeness (QED) is 0.207. The van der Waals surface area contributed by atoms with Crippen molar-refractivity contribution in [1.29, 1.82) is 0 Å². The Hall–Kier alpha value is -5.68. The molecule has 0 saturated heterocycles. The predicted molar refractivity (Wildman–Crippen MR) is 191 cm³/mol. The van der Waals surface area contributed by atoms with Gasteiger partial charge >= 0.3 is 0 Å². The summed E-state index contributed by atoms with van der Waals surface area (Å²) in [5.74, 6) is 2.21. The Labute approximate surface area is 280 Å². The first-order valence-electron chi connectivity index (χ1n) is 16.7. The lowest BCUT2D eigenvalue weighted by molar-refractivity contribution is 0.327. The first kappa shape index (κ1) is 28.5. The van der Waals surface area contributed by atoms with E-state index in [2.05, 4.69) is 85.1 Å². The number of fused-ring (bicyclic) bond motifs is 4. The number of benzene rings is 5. The standard InChI is InChI=1S/C43H35N3O2/c1-27-10-7-11-28(2)40(27)46-41-35-26-43(23-30-12-3-4-13-31(30)24-43)25-32(35)20-21-37(41)45-42(46)29-14-8-15-33(22-29)48-39-19-9-17-36(44-39)34-16-5-6-18-38(34)47/h3-22,47H,23-26H2,1-2H3. The lowest BCUT2D eigenvalue weighted by atomic mass is 9.82. The molecule has 0 radical (unpaired) electrons. The number of phenols is 1. The van der Waals surface area contributed by atoms with Gasteiger partial charge in [-0.25, -0.2) is 9.97 Å². The zero-order valence-corrected chi connectivity index (χ0v) is 27.1. The molecule has 0 saturated carbocycles. The fourth-order valence-corrected chi connectivity index (χ4v) is 8.20. The second-order valence-electron chi connectivity index (χ2n) is 13.6. The average Bonchev–Trinajstić information content (AvgIpc) is 3.77. The van der Waals surface area contributed by atoms with E-state index in [0.717, 1.165) is 42.6 Å². The molecule has 48 heavy (non-hydrogen) atoms. The molecular weight excluding hydrogens is 590 g/mol. The number of phenolic OH excluding ortho intramolecular Hbond substituents is 1. The van der Waals surface area contributed by atoms with E-state index in [1.165, 1.54) is 44.6 Å². The van der Waals surface area contributed by atoms with Crippen LogP contribution in [0.4, 0.5) is 0 Å². The van der Waals surface area contributed by atoms with Crippen LogP contribution in [0.2, 0.25) is 0 Å². The smallest absolute Gasteiger partial charge is 0.219 e. The maximum atomic E-state index is 10.4. The molecule has 2 aromatic heterocycles. The number of aromatic nitrogens is 3. The van der Waals surface area contributed by atoms with Crippen molar-refractivity contribution in [3.05, 3.63) is 155 Å². The molecule has 2 aliphatic carbocycles. The summed E-state index contributed by atoms with van der Waals surface area (Å²) in [5, 5.41) is 10.4. The Balaban J connectivity index is 1.15. The first-order chi connectivity index (χ1) is 23.4. The highest BCUT2D eigenvalue weighted by atomic mass is 16.5.